The maximum atomic E-state index is 2.56. The maximum Gasteiger partial charge on any atom is 0.0463 e. The summed E-state index contributed by atoms with van der Waals surface area (Å²) in [5, 5.41) is 10.2. The molecule has 0 bridgehead atoms. The van der Waals surface area contributed by atoms with Crippen LogP contribution < -0.4 is 0 Å². The molecular weight excluding hydrogens is 875 g/mol. The van der Waals surface area contributed by atoms with Gasteiger partial charge in [0.25, 0.3) is 0 Å². The summed E-state index contributed by atoms with van der Waals surface area (Å²) in [5.74, 6) is 0. The Balaban J connectivity index is 0.941. The second kappa shape index (κ2) is 16.3. The van der Waals surface area contributed by atoms with Crippen molar-refractivity contribution in [1.82, 2.24) is 4.57 Å². The fraction of sp³-hybridized carbons (Fsp3) is 0.0290. The van der Waals surface area contributed by atoms with Gasteiger partial charge in [0.1, 0.15) is 0 Å². The largest absolute Gasteiger partial charge is 0.320 e. The summed E-state index contributed by atoms with van der Waals surface area (Å²) >= 11 is 0. The molecule has 0 amide bonds. The Morgan fingerprint density at radius 2 is 0.915 bits per heavy atom. The summed E-state index contributed by atoms with van der Waals surface area (Å²) in [4.78, 5) is 4.11. The molecule has 0 N–H and O–H groups in total. The van der Waals surface area contributed by atoms with E-state index in [2.05, 4.69) is 276 Å². The third kappa shape index (κ3) is 6.38. The third-order valence-electron chi connectivity index (χ3n) is 15.5. The highest BCUT2D eigenvalue weighted by atomic mass is 32.3. The molecule has 71 heavy (non-hydrogen) atoms. The maximum absolute atomic E-state index is 2.94. The van der Waals surface area contributed by atoms with Gasteiger partial charge < -0.3 is 4.57 Å². The van der Waals surface area contributed by atoms with Gasteiger partial charge in [-0.05, 0) is 148 Å². The van der Waals surface area contributed by atoms with Gasteiger partial charge in [0.2, 0.25) is 0 Å². The zero-order valence-electron chi connectivity index (χ0n) is 39.3. The number of rotatable bonds is 7. The zero-order chi connectivity index (χ0) is 47.0. The van der Waals surface area contributed by atoms with Crippen LogP contribution in [0.2, 0.25) is 0 Å². The molecule has 1 aromatic heterocycles. The Morgan fingerprint density at radius 3 is 1.56 bits per heavy atom. The molecule has 336 valence electrons. The van der Waals surface area contributed by atoms with Gasteiger partial charge in [0.05, 0.1) is 0 Å². The van der Waals surface area contributed by atoms with E-state index in [1.165, 1.54) is 120 Å². The molecule has 0 fully saturated rings. The first-order valence-electron chi connectivity index (χ1n) is 24.8. The van der Waals surface area contributed by atoms with Crippen LogP contribution in [0.3, 0.4) is 0 Å². The molecule has 11 aromatic rings. The molecule has 0 atom stereocenters. The van der Waals surface area contributed by atoms with E-state index in [0.29, 0.717) is 0 Å². The second-order valence-corrected chi connectivity index (χ2v) is 23.4. The highest BCUT2D eigenvalue weighted by Crippen LogP contribution is 2.84. The van der Waals surface area contributed by atoms with Crippen LogP contribution >= 0.6 is 8.75 Å². The Morgan fingerprint density at radius 1 is 0.366 bits per heavy atom. The van der Waals surface area contributed by atoms with Gasteiger partial charge in [-0.2, -0.15) is 8.75 Å². The van der Waals surface area contributed by atoms with Crippen LogP contribution in [0.1, 0.15) is 23.2 Å². The summed E-state index contributed by atoms with van der Waals surface area (Å²) in [7, 11) is -2.94. The van der Waals surface area contributed by atoms with Crippen LogP contribution in [0.25, 0.3) is 94.5 Å². The highest BCUT2D eigenvalue weighted by molar-refractivity contribution is 8.49. The van der Waals surface area contributed by atoms with Crippen molar-refractivity contribution in [1.29, 1.82) is 0 Å². The summed E-state index contributed by atoms with van der Waals surface area (Å²) in [5.41, 5.74) is 19.0. The number of nitrogens with zero attached hydrogens (tertiary/aromatic N) is 1. The monoisotopic (exact) mass is 923 g/mol. The fourth-order valence-electron chi connectivity index (χ4n) is 12.0. The van der Waals surface area contributed by atoms with E-state index in [1.807, 2.05) is 0 Å². The van der Waals surface area contributed by atoms with Gasteiger partial charge in [0, 0.05) is 38.5 Å². The van der Waals surface area contributed by atoms with E-state index in [9.17, 15) is 0 Å². The molecule has 3 heterocycles. The molecule has 0 saturated heterocycles. The molecule has 0 radical (unpaired) electrons. The van der Waals surface area contributed by atoms with Crippen molar-refractivity contribution in [3.63, 3.8) is 0 Å². The van der Waals surface area contributed by atoms with E-state index in [-0.39, 0.29) is 0 Å². The Kier molecular flexibility index (Phi) is 9.49. The molecule has 1 spiro atoms. The van der Waals surface area contributed by atoms with Gasteiger partial charge in [-0.15, -0.1) is 0 Å². The molecule has 14 rings (SSSR count). The van der Waals surface area contributed by atoms with Gasteiger partial charge in [-0.25, -0.2) is 0 Å². The summed E-state index contributed by atoms with van der Waals surface area (Å²) in [6, 6.07) is 85.9. The molecule has 1 nitrogen and oxygen atoms in total. The van der Waals surface area contributed by atoms with Crippen molar-refractivity contribution in [3.8, 4) is 61.3 Å². The van der Waals surface area contributed by atoms with Crippen molar-refractivity contribution in [2.24, 2.45) is 0 Å². The van der Waals surface area contributed by atoms with E-state index < -0.39 is 8.75 Å². The number of aromatic nitrogens is 1. The lowest BCUT2D eigenvalue weighted by Gasteiger charge is -2.47. The lowest BCUT2D eigenvalue weighted by molar-refractivity contribution is 0.881. The molecule has 2 aliphatic heterocycles. The van der Waals surface area contributed by atoms with E-state index in [1.54, 1.807) is 0 Å². The zero-order valence-corrected chi connectivity index (χ0v) is 40.1. The Bertz CT molecular complexity index is 4100. The number of hydrogen-bond donors (Lipinski definition) is 0. The smallest absolute Gasteiger partial charge is 0.0463 e. The number of allylic oxidation sites excluding steroid dienone is 4. The predicted molar refractivity (Wildman–Crippen MR) is 304 cm³/mol. The summed E-state index contributed by atoms with van der Waals surface area (Å²) in [6.07, 6.45) is 13.6. The standard InChI is InChI=1S/C69H49NS/c1-4-16-48(17-5-1)56-36-39-63-64-40-38-57(46-69(64)71(68(63)45-56,42-12-3-13-43-71)58-22-6-2-7-23-58)70-47-66(54-34-32-53(33-35-54)62-27-15-21-51-19-9-11-25-60(51)62)65-44-55(37-41-67(65)70)49-28-30-52(31-29-49)61-26-14-20-50-18-8-10-24-59(50)61/h1-36,38-40,42-47H,37,41H2. The van der Waals surface area contributed by atoms with Gasteiger partial charge in [-0.1, -0.05) is 218 Å². The molecule has 1 aliphatic carbocycles. The first-order chi connectivity index (χ1) is 35.1. The summed E-state index contributed by atoms with van der Waals surface area (Å²) in [6.45, 7) is 0. The minimum Gasteiger partial charge on any atom is -0.320 e. The lowest BCUT2D eigenvalue weighted by atomic mass is 9.88. The van der Waals surface area contributed by atoms with Crippen LogP contribution in [0.5, 0.6) is 0 Å². The second-order valence-electron chi connectivity index (χ2n) is 19.2. The van der Waals surface area contributed by atoms with Crippen molar-refractivity contribution < 1.29 is 0 Å². The average molecular weight is 924 g/mol. The molecule has 3 aliphatic rings. The van der Waals surface area contributed by atoms with E-state index in [4.69, 9.17) is 0 Å². The number of hydrogen-bond acceptors (Lipinski definition) is 0. The summed E-state index contributed by atoms with van der Waals surface area (Å²) < 4.78 is 2.52. The lowest BCUT2D eigenvalue weighted by Crippen LogP contribution is -2.11. The van der Waals surface area contributed by atoms with Gasteiger partial charge >= 0.3 is 0 Å². The van der Waals surface area contributed by atoms with Crippen molar-refractivity contribution in [2.75, 3.05) is 0 Å². The van der Waals surface area contributed by atoms with E-state index >= 15 is 0 Å². The SMILES string of the molecule is C1=CC=S2(c3ccccc3)(C=C1)c1cc(-c3ccccc3)ccc1-c1ccc(-n3cc(-c4ccc(-c5cccc6ccccc56)cc4)c4c3CCC(c3ccc(-c5cccc6ccccc56)cc3)=C4)cc12. The molecule has 2 heteroatoms. The van der Waals surface area contributed by atoms with Crippen LogP contribution in [0, 0.1) is 0 Å². The molecular formula is C69H49NS. The van der Waals surface area contributed by atoms with Crippen LogP contribution in [-0.4, -0.2) is 9.93 Å². The van der Waals surface area contributed by atoms with Crippen molar-refractivity contribution in [2.45, 2.75) is 27.5 Å². The van der Waals surface area contributed by atoms with Gasteiger partial charge in [-0.3, -0.25) is 0 Å². The van der Waals surface area contributed by atoms with Crippen molar-refractivity contribution >= 4 is 47.3 Å². The van der Waals surface area contributed by atoms with E-state index in [0.717, 1.165) is 12.8 Å². The van der Waals surface area contributed by atoms with Crippen molar-refractivity contribution in [3.05, 3.63) is 277 Å². The number of fused-ring (bicyclic) bond motifs is 8. The first kappa shape index (κ1) is 41.4. The first-order valence-corrected chi connectivity index (χ1v) is 26.9. The molecule has 0 saturated carbocycles. The van der Waals surface area contributed by atoms with Gasteiger partial charge in [0.15, 0.2) is 0 Å². The Labute approximate surface area is 415 Å². The minimum absolute atomic E-state index is 0.924. The average Bonchev–Trinajstić information content (AvgIpc) is 3.94. The third-order valence-corrected chi connectivity index (χ3v) is 20.8. The predicted octanol–water partition coefficient (Wildman–Crippen LogP) is 18.6. The topological polar surface area (TPSA) is 4.93 Å². The normalized spacial score (nSPS) is 15.3. The van der Waals surface area contributed by atoms with Crippen LogP contribution in [0.4, 0.5) is 0 Å². The highest BCUT2D eigenvalue weighted by Gasteiger charge is 2.46. The quantitative estimate of drug-likeness (QED) is 0.140. The fourth-order valence-corrected chi connectivity index (χ4v) is 17.4. The molecule has 0 unspecified atom stereocenters. The number of benzene rings is 10. The molecule has 10 aromatic carbocycles. The Hall–Kier alpha value is -8.56. The van der Waals surface area contributed by atoms with Crippen LogP contribution in [-0.2, 0) is 6.42 Å². The van der Waals surface area contributed by atoms with Crippen LogP contribution in [0.15, 0.2) is 275 Å². The minimum atomic E-state index is -2.94.